The van der Waals surface area contributed by atoms with Gasteiger partial charge in [-0.2, -0.15) is 0 Å². The van der Waals surface area contributed by atoms with Gasteiger partial charge in [-0.15, -0.1) is 11.8 Å². The molecule has 0 radical (unpaired) electrons. The van der Waals surface area contributed by atoms with Gasteiger partial charge in [-0.25, -0.2) is 0 Å². The fraction of sp³-hybridized carbons (Fsp3) is 0.600. The van der Waals surface area contributed by atoms with E-state index in [1.807, 2.05) is 11.8 Å². The molecule has 17 heavy (non-hydrogen) atoms. The first-order chi connectivity index (χ1) is 8.20. The number of rotatable bonds is 5. The van der Waals surface area contributed by atoms with Crippen LogP contribution in [0.3, 0.4) is 0 Å². The predicted molar refractivity (Wildman–Crippen MR) is 76.6 cm³/mol. The van der Waals surface area contributed by atoms with Crippen LogP contribution in [0.25, 0.3) is 0 Å². The van der Waals surface area contributed by atoms with Gasteiger partial charge in [0.25, 0.3) is 0 Å². The fourth-order valence-corrected chi connectivity index (χ4v) is 3.40. The van der Waals surface area contributed by atoms with Crippen LogP contribution in [0.15, 0.2) is 23.1 Å². The molecule has 0 heterocycles. The number of nitrogens with two attached hydrogens (primary N) is 1. The maximum atomic E-state index is 6.17. The van der Waals surface area contributed by atoms with Crippen molar-refractivity contribution in [2.45, 2.75) is 50.5 Å². The molecule has 0 aliphatic heterocycles. The van der Waals surface area contributed by atoms with Gasteiger partial charge in [0.05, 0.1) is 0 Å². The van der Waals surface area contributed by atoms with Crippen LogP contribution in [0, 0.1) is 5.92 Å². The average Bonchev–Trinajstić information content (AvgIpc) is 2.82. The van der Waals surface area contributed by atoms with Crippen LogP contribution >= 0.6 is 11.8 Å². The zero-order valence-corrected chi connectivity index (χ0v) is 11.7. The Morgan fingerprint density at radius 1 is 1.29 bits per heavy atom. The molecule has 0 bridgehead atoms. The van der Waals surface area contributed by atoms with Crippen molar-refractivity contribution in [3.8, 4) is 0 Å². The number of fused-ring (bicyclic) bond motifs is 1. The summed E-state index contributed by atoms with van der Waals surface area (Å²) in [5, 5.41) is 0. The molecule has 0 saturated carbocycles. The van der Waals surface area contributed by atoms with E-state index in [9.17, 15) is 0 Å². The normalized spacial score (nSPS) is 17.8. The minimum atomic E-state index is 0.318. The molecule has 2 N–H and O–H groups in total. The molecule has 0 amide bonds. The Kier molecular flexibility index (Phi) is 4.52. The van der Waals surface area contributed by atoms with Crippen LogP contribution in [-0.4, -0.2) is 11.8 Å². The Morgan fingerprint density at radius 3 is 2.82 bits per heavy atom. The summed E-state index contributed by atoms with van der Waals surface area (Å²) in [6, 6.07) is 7.26. The van der Waals surface area contributed by atoms with Crippen LogP contribution in [0.1, 0.15) is 37.8 Å². The zero-order valence-electron chi connectivity index (χ0n) is 10.9. The first kappa shape index (κ1) is 13.0. The number of benzene rings is 1. The number of thioether (sulfide) groups is 1. The van der Waals surface area contributed by atoms with E-state index < -0.39 is 0 Å². The molecule has 0 spiro atoms. The molecule has 2 heteroatoms. The van der Waals surface area contributed by atoms with Crippen molar-refractivity contribution in [2.75, 3.05) is 5.75 Å². The van der Waals surface area contributed by atoms with Gasteiger partial charge in [-0.3, -0.25) is 0 Å². The second kappa shape index (κ2) is 5.92. The molecule has 1 aromatic carbocycles. The van der Waals surface area contributed by atoms with E-state index in [4.69, 9.17) is 5.73 Å². The van der Waals surface area contributed by atoms with E-state index in [1.165, 1.54) is 30.6 Å². The van der Waals surface area contributed by atoms with Crippen molar-refractivity contribution in [1.29, 1.82) is 0 Å². The van der Waals surface area contributed by atoms with Gasteiger partial charge in [0.15, 0.2) is 0 Å². The topological polar surface area (TPSA) is 26.0 Å². The van der Waals surface area contributed by atoms with Gasteiger partial charge in [0, 0.05) is 16.7 Å². The zero-order chi connectivity index (χ0) is 12.3. The molecule has 2 unspecified atom stereocenters. The first-order valence-corrected chi connectivity index (χ1v) is 7.69. The molecule has 1 aliphatic rings. The lowest BCUT2D eigenvalue weighted by Crippen LogP contribution is -2.30. The Morgan fingerprint density at radius 2 is 2.06 bits per heavy atom. The molecule has 1 aromatic rings. The van der Waals surface area contributed by atoms with E-state index >= 15 is 0 Å². The third kappa shape index (κ3) is 3.26. The largest absolute Gasteiger partial charge is 0.327 e. The van der Waals surface area contributed by atoms with Crippen molar-refractivity contribution in [3.05, 3.63) is 29.3 Å². The molecule has 94 valence electrons. The molecule has 0 aromatic heterocycles. The summed E-state index contributed by atoms with van der Waals surface area (Å²) in [5.41, 5.74) is 9.29. The average molecular weight is 249 g/mol. The lowest BCUT2D eigenvalue weighted by molar-refractivity contribution is 0.475. The van der Waals surface area contributed by atoms with Crippen LogP contribution in [0.5, 0.6) is 0 Å². The van der Waals surface area contributed by atoms with Crippen LogP contribution in [0.2, 0.25) is 0 Å². The van der Waals surface area contributed by atoms with Crippen LogP contribution in [-0.2, 0) is 12.8 Å². The highest BCUT2D eigenvalue weighted by molar-refractivity contribution is 7.99. The van der Waals surface area contributed by atoms with Crippen molar-refractivity contribution >= 4 is 11.8 Å². The third-order valence-electron chi connectivity index (χ3n) is 3.89. The molecule has 2 atom stereocenters. The smallest absolute Gasteiger partial charge is 0.0159 e. The predicted octanol–water partition coefficient (Wildman–Crippen LogP) is 3.64. The monoisotopic (exact) mass is 249 g/mol. The van der Waals surface area contributed by atoms with Crippen LogP contribution < -0.4 is 5.73 Å². The minimum Gasteiger partial charge on any atom is -0.327 e. The molecular formula is C15H23NS. The van der Waals surface area contributed by atoms with Gasteiger partial charge in [0.1, 0.15) is 0 Å². The maximum Gasteiger partial charge on any atom is 0.0159 e. The van der Waals surface area contributed by atoms with E-state index in [1.54, 1.807) is 11.1 Å². The molecule has 1 aliphatic carbocycles. The van der Waals surface area contributed by atoms with Crippen molar-refractivity contribution in [1.82, 2.24) is 0 Å². The third-order valence-corrected chi connectivity index (χ3v) is 5.03. The van der Waals surface area contributed by atoms with E-state index in [0.717, 1.165) is 5.75 Å². The van der Waals surface area contributed by atoms with Gasteiger partial charge >= 0.3 is 0 Å². The number of hydrogen-bond acceptors (Lipinski definition) is 2. The van der Waals surface area contributed by atoms with Crippen molar-refractivity contribution in [2.24, 2.45) is 11.7 Å². The van der Waals surface area contributed by atoms with Gasteiger partial charge in [-0.05, 0) is 48.4 Å². The summed E-state index contributed by atoms with van der Waals surface area (Å²) < 4.78 is 0. The molecule has 2 rings (SSSR count). The summed E-state index contributed by atoms with van der Waals surface area (Å²) in [6.07, 6.45) is 5.04. The standard InChI is InChI=1S/C15H23NS/c1-3-11(2)15(16)10-17-14-8-7-12-5-4-6-13(12)9-14/h7-9,11,15H,3-6,10,16H2,1-2H3. The summed E-state index contributed by atoms with van der Waals surface area (Å²) in [5.74, 6) is 1.66. The second-order valence-corrected chi connectivity index (χ2v) is 6.24. The van der Waals surface area contributed by atoms with E-state index in [2.05, 4.69) is 32.0 Å². The molecule has 0 fully saturated rings. The first-order valence-electron chi connectivity index (χ1n) is 6.71. The Balaban J connectivity index is 1.91. The highest BCUT2D eigenvalue weighted by Gasteiger charge is 2.13. The van der Waals surface area contributed by atoms with Gasteiger partial charge < -0.3 is 5.73 Å². The molecular weight excluding hydrogens is 226 g/mol. The van der Waals surface area contributed by atoms with Gasteiger partial charge in [0.2, 0.25) is 0 Å². The molecule has 0 saturated heterocycles. The summed E-state index contributed by atoms with van der Waals surface area (Å²) in [4.78, 5) is 1.39. The number of hydrogen-bond donors (Lipinski definition) is 1. The highest BCUT2D eigenvalue weighted by Crippen LogP contribution is 2.28. The van der Waals surface area contributed by atoms with E-state index in [0.29, 0.717) is 12.0 Å². The van der Waals surface area contributed by atoms with Crippen molar-refractivity contribution < 1.29 is 0 Å². The van der Waals surface area contributed by atoms with Crippen LogP contribution in [0.4, 0.5) is 0 Å². The fourth-order valence-electron chi connectivity index (χ4n) is 2.30. The second-order valence-electron chi connectivity index (χ2n) is 5.14. The Bertz CT molecular complexity index is 375. The Hall–Kier alpha value is -0.470. The van der Waals surface area contributed by atoms with Gasteiger partial charge in [-0.1, -0.05) is 26.3 Å². The summed E-state index contributed by atoms with van der Waals surface area (Å²) in [6.45, 7) is 4.46. The summed E-state index contributed by atoms with van der Waals surface area (Å²) in [7, 11) is 0. The SMILES string of the molecule is CCC(C)C(N)CSc1ccc2c(c1)CCC2. The maximum absolute atomic E-state index is 6.17. The quantitative estimate of drug-likeness (QED) is 0.806. The number of aryl methyl sites for hydroxylation is 2. The molecule has 1 nitrogen and oxygen atoms in total. The van der Waals surface area contributed by atoms with Crippen molar-refractivity contribution in [3.63, 3.8) is 0 Å². The lowest BCUT2D eigenvalue weighted by Gasteiger charge is -2.17. The summed E-state index contributed by atoms with van der Waals surface area (Å²) >= 11 is 1.91. The Labute approximate surface area is 109 Å². The van der Waals surface area contributed by atoms with E-state index in [-0.39, 0.29) is 0 Å². The lowest BCUT2D eigenvalue weighted by atomic mass is 10.0. The minimum absolute atomic E-state index is 0.318. The highest BCUT2D eigenvalue weighted by atomic mass is 32.2.